The second-order valence-corrected chi connectivity index (χ2v) is 12.6. The van der Waals surface area contributed by atoms with Gasteiger partial charge in [0.05, 0.1) is 28.3 Å². The number of rotatable bonds is 4. The SMILES string of the molecule is c1ccc(-n2ccc3c4c5cc6ccccc6cc5n(C5Nc6ccccc6C(c6ccc(-c7ccccn7)cc6)N5)c4ccc32)cc1. The number of hydrogen-bond acceptors (Lipinski definition) is 3. The zero-order chi connectivity index (χ0) is 31.6. The van der Waals surface area contributed by atoms with Crippen molar-refractivity contribution in [3.63, 3.8) is 0 Å². The first-order valence-electron chi connectivity index (χ1n) is 16.4. The summed E-state index contributed by atoms with van der Waals surface area (Å²) in [6.07, 6.45) is 3.84. The molecule has 6 aromatic carbocycles. The summed E-state index contributed by atoms with van der Waals surface area (Å²) < 4.78 is 4.75. The highest BCUT2D eigenvalue weighted by molar-refractivity contribution is 6.22. The van der Waals surface area contributed by atoms with Crippen LogP contribution in [0.1, 0.15) is 23.5 Å². The van der Waals surface area contributed by atoms with Gasteiger partial charge in [0.1, 0.15) is 0 Å². The van der Waals surface area contributed by atoms with Gasteiger partial charge in [0.15, 0.2) is 6.29 Å². The summed E-state index contributed by atoms with van der Waals surface area (Å²) in [5.41, 5.74) is 10.4. The average Bonchev–Trinajstić information content (AvgIpc) is 3.73. The summed E-state index contributed by atoms with van der Waals surface area (Å²) in [6, 6.07) is 54.3. The minimum absolute atomic E-state index is 0.0129. The third kappa shape index (κ3) is 4.18. The quantitative estimate of drug-likeness (QED) is 0.207. The summed E-state index contributed by atoms with van der Waals surface area (Å²) in [4.78, 5) is 4.56. The summed E-state index contributed by atoms with van der Waals surface area (Å²) in [5, 5.41) is 14.1. The molecule has 5 nitrogen and oxygen atoms in total. The van der Waals surface area contributed by atoms with E-state index in [-0.39, 0.29) is 12.3 Å². The molecule has 0 radical (unpaired) electrons. The van der Waals surface area contributed by atoms with Crippen LogP contribution in [-0.4, -0.2) is 14.1 Å². The fourth-order valence-electron chi connectivity index (χ4n) is 7.65. The fraction of sp³-hybridized carbons (Fsp3) is 0.0465. The van der Waals surface area contributed by atoms with E-state index in [1.54, 1.807) is 0 Å². The summed E-state index contributed by atoms with van der Waals surface area (Å²) in [7, 11) is 0. The molecule has 48 heavy (non-hydrogen) atoms. The zero-order valence-electron chi connectivity index (χ0n) is 26.1. The van der Waals surface area contributed by atoms with Crippen LogP contribution in [0.3, 0.4) is 0 Å². The molecule has 0 fully saturated rings. The molecule has 0 saturated carbocycles. The Kier molecular flexibility index (Phi) is 6.01. The molecule has 1 aliphatic rings. The maximum absolute atomic E-state index is 4.56. The van der Waals surface area contributed by atoms with E-state index in [0.717, 1.165) is 22.6 Å². The molecule has 3 aromatic heterocycles. The van der Waals surface area contributed by atoms with E-state index in [1.165, 1.54) is 54.6 Å². The highest BCUT2D eigenvalue weighted by atomic mass is 15.3. The Balaban J connectivity index is 1.17. The lowest BCUT2D eigenvalue weighted by Gasteiger charge is -2.36. The highest BCUT2D eigenvalue weighted by Crippen LogP contribution is 2.42. The van der Waals surface area contributed by atoms with E-state index in [2.05, 4.69) is 170 Å². The number of hydrogen-bond donors (Lipinski definition) is 2. The smallest absolute Gasteiger partial charge is 0.160 e. The molecule has 0 spiro atoms. The zero-order valence-corrected chi connectivity index (χ0v) is 26.1. The Labute approximate surface area is 277 Å². The molecule has 0 aliphatic carbocycles. The second kappa shape index (κ2) is 10.7. The van der Waals surface area contributed by atoms with Crippen LogP contribution >= 0.6 is 0 Å². The molecule has 1 aliphatic heterocycles. The molecule has 9 aromatic rings. The van der Waals surface area contributed by atoms with Gasteiger partial charge in [0.2, 0.25) is 0 Å². The van der Waals surface area contributed by atoms with Gasteiger partial charge in [-0.15, -0.1) is 0 Å². The third-order valence-corrected chi connectivity index (χ3v) is 9.89. The van der Waals surface area contributed by atoms with Crippen LogP contribution < -0.4 is 10.6 Å². The lowest BCUT2D eigenvalue weighted by molar-refractivity contribution is 0.417. The van der Waals surface area contributed by atoms with Gasteiger partial charge in [-0.3, -0.25) is 10.3 Å². The molecule has 2 atom stereocenters. The van der Waals surface area contributed by atoms with Crippen LogP contribution in [0.2, 0.25) is 0 Å². The fourth-order valence-corrected chi connectivity index (χ4v) is 7.65. The van der Waals surface area contributed by atoms with Crippen molar-refractivity contribution in [1.82, 2.24) is 19.4 Å². The predicted octanol–water partition coefficient (Wildman–Crippen LogP) is 10.2. The Hall–Kier alpha value is -6.17. The van der Waals surface area contributed by atoms with Crippen LogP contribution in [0.5, 0.6) is 0 Å². The normalized spacial score (nSPS) is 16.0. The van der Waals surface area contributed by atoms with Gasteiger partial charge in [-0.05, 0) is 82.6 Å². The number of para-hydroxylation sites is 2. The second-order valence-electron chi connectivity index (χ2n) is 12.6. The minimum atomic E-state index is -0.199. The number of nitrogens with zero attached hydrogens (tertiary/aromatic N) is 3. The van der Waals surface area contributed by atoms with Crippen LogP contribution in [0.25, 0.3) is 60.4 Å². The molecular formula is C43H31N5. The molecule has 2 N–H and O–H groups in total. The molecule has 5 heteroatoms. The number of aromatic nitrogens is 3. The minimum Gasteiger partial charge on any atom is -0.352 e. The van der Waals surface area contributed by atoms with E-state index in [1.807, 2.05) is 18.3 Å². The van der Waals surface area contributed by atoms with E-state index >= 15 is 0 Å². The molecule has 0 saturated heterocycles. The molecular weight excluding hydrogens is 587 g/mol. The lowest BCUT2D eigenvalue weighted by Crippen LogP contribution is -2.40. The number of anilines is 1. The first-order chi connectivity index (χ1) is 23.8. The Morgan fingerprint density at radius 2 is 1.33 bits per heavy atom. The van der Waals surface area contributed by atoms with Gasteiger partial charge in [-0.25, -0.2) is 0 Å². The van der Waals surface area contributed by atoms with Gasteiger partial charge < -0.3 is 14.5 Å². The summed E-state index contributed by atoms with van der Waals surface area (Å²) >= 11 is 0. The Bertz CT molecular complexity index is 2620. The lowest BCUT2D eigenvalue weighted by atomic mass is 9.94. The van der Waals surface area contributed by atoms with Crippen molar-refractivity contribution in [3.8, 4) is 16.9 Å². The van der Waals surface area contributed by atoms with Crippen molar-refractivity contribution in [2.24, 2.45) is 0 Å². The number of benzene rings is 6. The predicted molar refractivity (Wildman–Crippen MR) is 198 cm³/mol. The molecule has 10 rings (SSSR count). The summed E-state index contributed by atoms with van der Waals surface area (Å²) in [5.74, 6) is 0. The van der Waals surface area contributed by atoms with Gasteiger partial charge in [0.25, 0.3) is 0 Å². The van der Waals surface area contributed by atoms with E-state index in [0.29, 0.717) is 0 Å². The van der Waals surface area contributed by atoms with Crippen molar-refractivity contribution in [2.75, 3.05) is 5.32 Å². The topological polar surface area (TPSA) is 46.8 Å². The number of fused-ring (bicyclic) bond motifs is 7. The highest BCUT2D eigenvalue weighted by Gasteiger charge is 2.30. The van der Waals surface area contributed by atoms with Crippen molar-refractivity contribution >= 4 is 49.2 Å². The van der Waals surface area contributed by atoms with Crippen LogP contribution in [0.15, 0.2) is 164 Å². The molecule has 0 bridgehead atoms. The van der Waals surface area contributed by atoms with Crippen LogP contribution in [0.4, 0.5) is 5.69 Å². The van der Waals surface area contributed by atoms with Crippen molar-refractivity contribution in [1.29, 1.82) is 0 Å². The van der Waals surface area contributed by atoms with Crippen LogP contribution in [0, 0.1) is 0 Å². The molecule has 4 heterocycles. The summed E-state index contributed by atoms with van der Waals surface area (Å²) in [6.45, 7) is 0. The Morgan fingerprint density at radius 3 is 2.17 bits per heavy atom. The largest absolute Gasteiger partial charge is 0.352 e. The molecule has 0 amide bonds. The average molecular weight is 618 g/mol. The van der Waals surface area contributed by atoms with E-state index < -0.39 is 0 Å². The molecule has 228 valence electrons. The maximum atomic E-state index is 4.56. The maximum Gasteiger partial charge on any atom is 0.160 e. The monoisotopic (exact) mass is 617 g/mol. The standard InChI is InChI=1S/C43H31N5/c1-2-12-32(13-3-1)47-25-23-34-38(47)21-22-39-41(34)35-26-30-10-4-5-11-31(30)27-40(35)48(39)43-45-37-16-7-6-14-33(37)42(46-43)29-19-17-28(18-20-29)36-15-8-9-24-44-36/h1-27,42-43,45-46H. The van der Waals surface area contributed by atoms with E-state index in [9.17, 15) is 0 Å². The number of nitrogens with one attached hydrogen (secondary N) is 2. The first-order valence-corrected chi connectivity index (χ1v) is 16.4. The van der Waals surface area contributed by atoms with Gasteiger partial charge in [0, 0.05) is 45.5 Å². The molecule has 2 unspecified atom stereocenters. The van der Waals surface area contributed by atoms with E-state index in [4.69, 9.17) is 0 Å². The number of pyridine rings is 1. The first kappa shape index (κ1) is 27.0. The van der Waals surface area contributed by atoms with Gasteiger partial charge in [-0.2, -0.15) is 0 Å². The van der Waals surface area contributed by atoms with Gasteiger partial charge >= 0.3 is 0 Å². The van der Waals surface area contributed by atoms with Crippen molar-refractivity contribution in [2.45, 2.75) is 12.3 Å². The van der Waals surface area contributed by atoms with Crippen LogP contribution in [-0.2, 0) is 0 Å². The third-order valence-electron chi connectivity index (χ3n) is 9.89. The van der Waals surface area contributed by atoms with Crippen molar-refractivity contribution < 1.29 is 0 Å². The Morgan fingerprint density at radius 1 is 0.583 bits per heavy atom. The van der Waals surface area contributed by atoms with Gasteiger partial charge in [-0.1, -0.05) is 91.0 Å². The van der Waals surface area contributed by atoms with Crippen molar-refractivity contribution in [3.05, 3.63) is 175 Å².